The van der Waals surface area contributed by atoms with E-state index in [1.165, 1.54) is 0 Å². The SMILES string of the molecule is CC(C)Cn1ccnc1NC(=O)C1CC12CCNC2.Cl. The first-order valence-corrected chi connectivity index (χ1v) is 7.13. The first-order valence-electron chi connectivity index (χ1n) is 7.13. The molecule has 112 valence electrons. The molecule has 2 unspecified atom stereocenters. The minimum Gasteiger partial charge on any atom is -0.317 e. The normalized spacial score (nSPS) is 27.6. The minimum atomic E-state index is 0. The molecule has 0 aromatic carbocycles. The van der Waals surface area contributed by atoms with Crippen molar-refractivity contribution in [1.29, 1.82) is 0 Å². The summed E-state index contributed by atoms with van der Waals surface area (Å²) in [5.74, 6) is 1.54. The van der Waals surface area contributed by atoms with Gasteiger partial charge < -0.3 is 9.88 Å². The lowest BCUT2D eigenvalue weighted by molar-refractivity contribution is -0.118. The van der Waals surface area contributed by atoms with Gasteiger partial charge >= 0.3 is 0 Å². The van der Waals surface area contributed by atoms with Crippen LogP contribution in [0.5, 0.6) is 0 Å². The zero-order valence-corrected chi connectivity index (χ0v) is 12.9. The molecule has 1 saturated heterocycles. The minimum absolute atomic E-state index is 0. The van der Waals surface area contributed by atoms with Crippen LogP contribution in [0.15, 0.2) is 12.4 Å². The van der Waals surface area contributed by atoms with E-state index < -0.39 is 0 Å². The second kappa shape index (κ2) is 5.74. The number of hydrogen-bond acceptors (Lipinski definition) is 3. The quantitative estimate of drug-likeness (QED) is 0.892. The maximum absolute atomic E-state index is 12.3. The number of anilines is 1. The summed E-state index contributed by atoms with van der Waals surface area (Å²) in [6.07, 6.45) is 5.83. The highest BCUT2D eigenvalue weighted by Gasteiger charge is 2.59. The molecule has 2 fully saturated rings. The molecular formula is C14H23ClN4O. The molecule has 2 heterocycles. The summed E-state index contributed by atoms with van der Waals surface area (Å²) < 4.78 is 2.02. The lowest BCUT2D eigenvalue weighted by Gasteiger charge is -2.12. The molecule has 1 spiro atoms. The molecule has 1 amide bonds. The molecule has 20 heavy (non-hydrogen) atoms. The van der Waals surface area contributed by atoms with Crippen LogP contribution in [0.1, 0.15) is 26.7 Å². The summed E-state index contributed by atoms with van der Waals surface area (Å²) in [6.45, 7) is 7.24. The highest BCUT2D eigenvalue weighted by Crippen LogP contribution is 2.56. The Kier molecular flexibility index (Phi) is 4.39. The van der Waals surface area contributed by atoms with Crippen LogP contribution in [0.25, 0.3) is 0 Å². The Morgan fingerprint density at radius 3 is 3.10 bits per heavy atom. The summed E-state index contributed by atoms with van der Waals surface area (Å²) in [6, 6.07) is 0. The van der Waals surface area contributed by atoms with Crippen LogP contribution in [0, 0.1) is 17.3 Å². The second-order valence-electron chi connectivity index (χ2n) is 6.33. The van der Waals surface area contributed by atoms with E-state index in [4.69, 9.17) is 0 Å². The number of halogens is 1. The monoisotopic (exact) mass is 298 g/mol. The topological polar surface area (TPSA) is 59.0 Å². The predicted molar refractivity (Wildman–Crippen MR) is 81.0 cm³/mol. The highest BCUT2D eigenvalue weighted by atomic mass is 35.5. The van der Waals surface area contributed by atoms with Gasteiger partial charge in [-0.3, -0.25) is 10.1 Å². The van der Waals surface area contributed by atoms with E-state index in [2.05, 4.69) is 29.5 Å². The highest BCUT2D eigenvalue weighted by molar-refractivity contribution is 5.93. The fourth-order valence-electron chi connectivity index (χ4n) is 3.12. The third-order valence-electron chi connectivity index (χ3n) is 4.30. The average molecular weight is 299 g/mol. The summed E-state index contributed by atoms with van der Waals surface area (Å²) >= 11 is 0. The Bertz CT molecular complexity index is 479. The molecular weight excluding hydrogens is 276 g/mol. The number of rotatable bonds is 4. The Morgan fingerprint density at radius 2 is 2.45 bits per heavy atom. The zero-order valence-electron chi connectivity index (χ0n) is 12.1. The summed E-state index contributed by atoms with van der Waals surface area (Å²) in [7, 11) is 0. The molecule has 3 rings (SSSR count). The van der Waals surface area contributed by atoms with Crippen molar-refractivity contribution in [3.05, 3.63) is 12.4 Å². The smallest absolute Gasteiger partial charge is 0.230 e. The maximum atomic E-state index is 12.3. The number of hydrogen-bond donors (Lipinski definition) is 2. The van der Waals surface area contributed by atoms with Gasteiger partial charge in [0.1, 0.15) is 0 Å². The molecule has 1 aliphatic heterocycles. The van der Waals surface area contributed by atoms with E-state index in [9.17, 15) is 4.79 Å². The number of aromatic nitrogens is 2. The van der Waals surface area contributed by atoms with Gasteiger partial charge in [-0.05, 0) is 30.7 Å². The number of carbonyl (C=O) groups is 1. The number of carbonyl (C=O) groups excluding carboxylic acids is 1. The molecule has 2 atom stereocenters. The first kappa shape index (κ1) is 15.3. The number of amides is 1. The number of imidazole rings is 1. The predicted octanol–water partition coefficient (Wildman–Crippen LogP) is 1.90. The van der Waals surface area contributed by atoms with Crippen molar-refractivity contribution < 1.29 is 4.79 Å². The first-order chi connectivity index (χ1) is 9.11. The second-order valence-corrected chi connectivity index (χ2v) is 6.33. The van der Waals surface area contributed by atoms with Gasteiger partial charge in [0.2, 0.25) is 11.9 Å². The van der Waals surface area contributed by atoms with Gasteiger partial charge in [-0.25, -0.2) is 4.98 Å². The lowest BCUT2D eigenvalue weighted by Crippen LogP contribution is -2.22. The average Bonchev–Trinajstić information content (AvgIpc) is 2.68. The van der Waals surface area contributed by atoms with E-state index in [-0.39, 0.29) is 29.6 Å². The van der Waals surface area contributed by atoms with Crippen molar-refractivity contribution in [3.8, 4) is 0 Å². The Morgan fingerprint density at radius 1 is 1.65 bits per heavy atom. The Balaban J connectivity index is 0.00000147. The molecule has 0 bridgehead atoms. The third kappa shape index (κ3) is 2.83. The molecule has 6 heteroatoms. The molecule has 2 N–H and O–H groups in total. The van der Waals surface area contributed by atoms with Crippen molar-refractivity contribution in [2.45, 2.75) is 33.2 Å². The summed E-state index contributed by atoms with van der Waals surface area (Å²) in [5.41, 5.74) is 0.250. The zero-order chi connectivity index (χ0) is 13.5. The van der Waals surface area contributed by atoms with Crippen molar-refractivity contribution in [2.24, 2.45) is 17.3 Å². The molecule has 1 aromatic heterocycles. The van der Waals surface area contributed by atoms with Crippen molar-refractivity contribution >= 4 is 24.3 Å². The fourth-order valence-corrected chi connectivity index (χ4v) is 3.12. The van der Waals surface area contributed by atoms with E-state index in [1.54, 1.807) is 6.20 Å². The maximum Gasteiger partial charge on any atom is 0.230 e. The summed E-state index contributed by atoms with van der Waals surface area (Å²) in [4.78, 5) is 16.5. The molecule has 0 radical (unpaired) electrons. The standard InChI is InChI=1S/C14H22N4O.ClH/c1-10(2)8-18-6-5-16-13(18)17-12(19)11-7-14(11)3-4-15-9-14;/h5-6,10-11,15H,3-4,7-9H2,1-2H3,(H,16,17,19);1H. The van der Waals surface area contributed by atoms with Gasteiger partial charge in [0.15, 0.2) is 0 Å². The van der Waals surface area contributed by atoms with Crippen LogP contribution in [0.2, 0.25) is 0 Å². The van der Waals surface area contributed by atoms with Gasteiger partial charge in [-0.2, -0.15) is 0 Å². The van der Waals surface area contributed by atoms with Gasteiger partial charge in [0.05, 0.1) is 0 Å². The summed E-state index contributed by atoms with van der Waals surface area (Å²) in [5, 5.41) is 6.35. The van der Waals surface area contributed by atoms with Crippen LogP contribution in [-0.2, 0) is 11.3 Å². The van der Waals surface area contributed by atoms with Crippen LogP contribution in [0.3, 0.4) is 0 Å². The Hall–Kier alpha value is -1.07. The molecule has 5 nitrogen and oxygen atoms in total. The van der Waals surface area contributed by atoms with Gasteiger partial charge in [-0.1, -0.05) is 13.8 Å². The van der Waals surface area contributed by atoms with Crippen molar-refractivity contribution in [1.82, 2.24) is 14.9 Å². The molecule has 1 saturated carbocycles. The van der Waals surface area contributed by atoms with E-state index in [0.29, 0.717) is 11.9 Å². The van der Waals surface area contributed by atoms with Crippen LogP contribution >= 0.6 is 12.4 Å². The van der Waals surface area contributed by atoms with Gasteiger partial charge in [-0.15, -0.1) is 12.4 Å². The van der Waals surface area contributed by atoms with Crippen LogP contribution < -0.4 is 10.6 Å². The molecule has 1 aromatic rings. The van der Waals surface area contributed by atoms with Crippen LogP contribution in [0.4, 0.5) is 5.95 Å². The fraction of sp³-hybridized carbons (Fsp3) is 0.714. The number of nitrogens with zero attached hydrogens (tertiary/aromatic N) is 2. The van der Waals surface area contributed by atoms with Crippen molar-refractivity contribution in [2.75, 3.05) is 18.4 Å². The van der Waals surface area contributed by atoms with Gasteiger partial charge in [0.25, 0.3) is 0 Å². The van der Waals surface area contributed by atoms with E-state index in [1.807, 2.05) is 10.8 Å². The molecule has 1 aliphatic carbocycles. The Labute approximate surface area is 125 Å². The van der Waals surface area contributed by atoms with Gasteiger partial charge in [0, 0.05) is 31.4 Å². The third-order valence-corrected chi connectivity index (χ3v) is 4.30. The van der Waals surface area contributed by atoms with E-state index in [0.717, 1.165) is 32.5 Å². The number of nitrogens with one attached hydrogen (secondary N) is 2. The van der Waals surface area contributed by atoms with Crippen molar-refractivity contribution in [3.63, 3.8) is 0 Å². The largest absolute Gasteiger partial charge is 0.317 e. The molecule has 2 aliphatic rings. The van der Waals surface area contributed by atoms with Crippen LogP contribution in [-0.4, -0.2) is 28.5 Å². The van der Waals surface area contributed by atoms with E-state index >= 15 is 0 Å². The lowest BCUT2D eigenvalue weighted by atomic mass is 10.0.